The van der Waals surface area contributed by atoms with Crippen LogP contribution in [0.3, 0.4) is 0 Å². The van der Waals surface area contributed by atoms with Crippen LogP contribution in [-0.2, 0) is 4.79 Å². The number of rotatable bonds is 5. The molecule has 0 bridgehead atoms. The van der Waals surface area contributed by atoms with E-state index in [9.17, 15) is 4.79 Å². The molecule has 1 aliphatic carbocycles. The van der Waals surface area contributed by atoms with E-state index in [4.69, 9.17) is 0 Å². The number of nitrogens with one attached hydrogen (secondary N) is 3. The summed E-state index contributed by atoms with van der Waals surface area (Å²) in [5.74, 6) is 0.144. The second kappa shape index (κ2) is 4.75. The summed E-state index contributed by atoms with van der Waals surface area (Å²) in [7, 11) is 0. The molecule has 2 aliphatic rings. The van der Waals surface area contributed by atoms with Gasteiger partial charge in [-0.2, -0.15) is 0 Å². The lowest BCUT2D eigenvalue weighted by Gasteiger charge is -2.11. The van der Waals surface area contributed by atoms with Gasteiger partial charge in [0.2, 0.25) is 5.91 Å². The molecule has 2 fully saturated rings. The van der Waals surface area contributed by atoms with E-state index >= 15 is 0 Å². The lowest BCUT2D eigenvalue weighted by molar-refractivity contribution is -0.120. The molecule has 0 spiro atoms. The molecule has 4 nitrogen and oxygen atoms in total. The van der Waals surface area contributed by atoms with E-state index in [1.54, 1.807) is 0 Å². The maximum absolute atomic E-state index is 11.3. The van der Waals surface area contributed by atoms with E-state index in [2.05, 4.69) is 16.0 Å². The van der Waals surface area contributed by atoms with Crippen molar-refractivity contribution < 1.29 is 4.79 Å². The van der Waals surface area contributed by atoms with Gasteiger partial charge in [-0.15, -0.1) is 0 Å². The predicted molar refractivity (Wildman–Crippen MR) is 55.1 cm³/mol. The fraction of sp³-hybridized carbons (Fsp3) is 0.900. The molecule has 1 aliphatic heterocycles. The number of amides is 1. The molecule has 2 rings (SSSR count). The van der Waals surface area contributed by atoms with Crippen molar-refractivity contribution in [3.63, 3.8) is 0 Å². The van der Waals surface area contributed by atoms with Gasteiger partial charge in [-0.05, 0) is 32.2 Å². The first-order valence-electron chi connectivity index (χ1n) is 5.58. The summed E-state index contributed by atoms with van der Waals surface area (Å²) in [5, 5.41) is 9.53. The first-order valence-corrected chi connectivity index (χ1v) is 5.58. The molecule has 0 radical (unpaired) electrons. The van der Waals surface area contributed by atoms with Gasteiger partial charge in [0, 0.05) is 18.6 Å². The van der Waals surface area contributed by atoms with Crippen LogP contribution >= 0.6 is 0 Å². The van der Waals surface area contributed by atoms with E-state index in [1.807, 2.05) is 0 Å². The molecule has 1 atom stereocenters. The van der Waals surface area contributed by atoms with Crippen LogP contribution < -0.4 is 16.0 Å². The van der Waals surface area contributed by atoms with Crippen LogP contribution in [-0.4, -0.2) is 37.6 Å². The van der Waals surface area contributed by atoms with Crippen molar-refractivity contribution in [3.8, 4) is 0 Å². The van der Waals surface area contributed by atoms with E-state index in [0.29, 0.717) is 18.6 Å². The zero-order valence-corrected chi connectivity index (χ0v) is 8.51. The summed E-state index contributed by atoms with van der Waals surface area (Å²) in [4.78, 5) is 11.3. The van der Waals surface area contributed by atoms with Crippen LogP contribution in [0, 0.1) is 0 Å². The molecule has 1 heterocycles. The third kappa shape index (κ3) is 3.27. The van der Waals surface area contributed by atoms with Crippen LogP contribution in [0.4, 0.5) is 0 Å². The highest BCUT2D eigenvalue weighted by Crippen LogP contribution is 2.18. The molecule has 0 aromatic rings. The zero-order chi connectivity index (χ0) is 9.80. The third-order valence-electron chi connectivity index (χ3n) is 2.78. The monoisotopic (exact) mass is 197 g/mol. The Morgan fingerprint density at radius 3 is 2.86 bits per heavy atom. The smallest absolute Gasteiger partial charge is 0.234 e. The number of carbonyl (C=O) groups excluding carboxylic acids is 1. The van der Waals surface area contributed by atoms with Gasteiger partial charge in [0.25, 0.3) is 0 Å². The number of hydrogen-bond acceptors (Lipinski definition) is 3. The zero-order valence-electron chi connectivity index (χ0n) is 8.51. The van der Waals surface area contributed by atoms with Crippen molar-refractivity contribution in [2.45, 2.75) is 37.8 Å². The van der Waals surface area contributed by atoms with E-state index in [0.717, 1.165) is 25.9 Å². The Balaban J connectivity index is 1.50. The highest BCUT2D eigenvalue weighted by atomic mass is 16.2. The summed E-state index contributed by atoms with van der Waals surface area (Å²) in [6.45, 7) is 2.51. The lowest BCUT2D eigenvalue weighted by Crippen LogP contribution is -2.40. The van der Waals surface area contributed by atoms with Gasteiger partial charge in [0.1, 0.15) is 0 Å². The van der Waals surface area contributed by atoms with Gasteiger partial charge in [-0.3, -0.25) is 4.79 Å². The van der Waals surface area contributed by atoms with Crippen molar-refractivity contribution in [1.82, 2.24) is 16.0 Å². The largest absolute Gasteiger partial charge is 0.352 e. The summed E-state index contributed by atoms with van der Waals surface area (Å²) in [6, 6.07) is 1.05. The second-order valence-corrected chi connectivity index (χ2v) is 4.27. The summed E-state index contributed by atoms with van der Waals surface area (Å²) >= 11 is 0. The maximum Gasteiger partial charge on any atom is 0.234 e. The first kappa shape index (κ1) is 9.93. The average Bonchev–Trinajstić information content (AvgIpc) is 2.82. The van der Waals surface area contributed by atoms with E-state index in [-0.39, 0.29) is 5.91 Å². The highest BCUT2D eigenvalue weighted by molar-refractivity contribution is 5.78. The predicted octanol–water partition coefficient (Wildman–Crippen LogP) is -0.393. The van der Waals surface area contributed by atoms with Crippen LogP contribution in [0.2, 0.25) is 0 Å². The van der Waals surface area contributed by atoms with Gasteiger partial charge >= 0.3 is 0 Å². The highest BCUT2D eigenvalue weighted by Gasteiger charge is 2.23. The Morgan fingerprint density at radius 2 is 2.21 bits per heavy atom. The van der Waals surface area contributed by atoms with Crippen molar-refractivity contribution in [2.24, 2.45) is 0 Å². The van der Waals surface area contributed by atoms with E-state index < -0.39 is 0 Å². The molecule has 1 amide bonds. The fourth-order valence-corrected chi connectivity index (χ4v) is 1.80. The minimum Gasteiger partial charge on any atom is -0.352 e. The van der Waals surface area contributed by atoms with Gasteiger partial charge in [0.15, 0.2) is 0 Å². The topological polar surface area (TPSA) is 53.2 Å². The van der Waals surface area contributed by atoms with E-state index in [1.165, 1.54) is 12.8 Å². The van der Waals surface area contributed by atoms with Gasteiger partial charge in [-0.1, -0.05) is 0 Å². The number of carbonyl (C=O) groups is 1. The molecule has 1 saturated carbocycles. The standard InChI is InChI=1S/C10H19N3O/c14-10(13-8-3-4-8)7-11-6-9-2-1-5-12-9/h8-9,11-12H,1-7H2,(H,13,14). The van der Waals surface area contributed by atoms with Crippen molar-refractivity contribution in [2.75, 3.05) is 19.6 Å². The Morgan fingerprint density at radius 1 is 1.36 bits per heavy atom. The Bertz CT molecular complexity index is 198. The Hall–Kier alpha value is -0.610. The molecular weight excluding hydrogens is 178 g/mol. The summed E-state index contributed by atoms with van der Waals surface area (Å²) in [6.07, 6.45) is 4.82. The maximum atomic E-state index is 11.3. The Kier molecular flexibility index (Phi) is 3.37. The molecule has 4 heteroatoms. The first-order chi connectivity index (χ1) is 6.84. The average molecular weight is 197 g/mol. The fourth-order valence-electron chi connectivity index (χ4n) is 1.80. The van der Waals surface area contributed by atoms with Crippen LogP contribution in [0.5, 0.6) is 0 Å². The quantitative estimate of drug-likeness (QED) is 0.562. The van der Waals surface area contributed by atoms with Crippen LogP contribution in [0.25, 0.3) is 0 Å². The van der Waals surface area contributed by atoms with Crippen LogP contribution in [0.1, 0.15) is 25.7 Å². The van der Waals surface area contributed by atoms with Gasteiger partial charge < -0.3 is 16.0 Å². The second-order valence-electron chi connectivity index (χ2n) is 4.27. The van der Waals surface area contributed by atoms with Crippen LogP contribution in [0.15, 0.2) is 0 Å². The Labute approximate surface area is 84.8 Å². The van der Waals surface area contributed by atoms with Crippen molar-refractivity contribution in [1.29, 1.82) is 0 Å². The molecule has 1 unspecified atom stereocenters. The van der Waals surface area contributed by atoms with Crippen molar-refractivity contribution in [3.05, 3.63) is 0 Å². The SMILES string of the molecule is O=C(CNCC1CCCN1)NC1CC1. The molecule has 1 saturated heterocycles. The summed E-state index contributed by atoms with van der Waals surface area (Å²) < 4.78 is 0. The molecule has 0 aromatic heterocycles. The molecular formula is C10H19N3O. The van der Waals surface area contributed by atoms with Gasteiger partial charge in [-0.25, -0.2) is 0 Å². The normalized spacial score (nSPS) is 26.4. The summed E-state index contributed by atoms with van der Waals surface area (Å²) in [5.41, 5.74) is 0. The van der Waals surface area contributed by atoms with Gasteiger partial charge in [0.05, 0.1) is 6.54 Å². The third-order valence-corrected chi connectivity index (χ3v) is 2.78. The molecule has 0 aromatic carbocycles. The lowest BCUT2D eigenvalue weighted by atomic mass is 10.2. The molecule has 14 heavy (non-hydrogen) atoms. The minimum atomic E-state index is 0.144. The number of hydrogen-bond donors (Lipinski definition) is 3. The molecule has 80 valence electrons. The van der Waals surface area contributed by atoms with Crippen molar-refractivity contribution >= 4 is 5.91 Å². The minimum absolute atomic E-state index is 0.144. The molecule has 3 N–H and O–H groups in total.